The van der Waals surface area contributed by atoms with Crippen molar-refractivity contribution in [3.8, 4) is 0 Å². The molecule has 0 spiro atoms. The molecule has 0 aromatic carbocycles. The van der Waals surface area contributed by atoms with E-state index in [0.29, 0.717) is 5.69 Å². The van der Waals surface area contributed by atoms with E-state index in [9.17, 15) is 8.78 Å². The van der Waals surface area contributed by atoms with Crippen LogP contribution in [0.5, 0.6) is 0 Å². The Morgan fingerprint density at radius 3 is 2.21 bits per heavy atom. The van der Waals surface area contributed by atoms with Crippen molar-refractivity contribution in [3.63, 3.8) is 0 Å². The molecule has 0 bridgehead atoms. The SMILES string of the molecule is CCCN=C(C)C.Cc1cn(C(C)C)c(C(F)F)n1. The smallest absolute Gasteiger partial charge is 0.295 e. The van der Waals surface area contributed by atoms with Crippen LogP contribution in [0.1, 0.15) is 65.0 Å². The molecule has 0 radical (unpaired) electrons. The summed E-state index contributed by atoms with van der Waals surface area (Å²) in [5, 5.41) is 0. The fraction of sp³-hybridized carbons (Fsp3) is 0.714. The van der Waals surface area contributed by atoms with Gasteiger partial charge in [0.25, 0.3) is 6.43 Å². The van der Waals surface area contributed by atoms with Crippen molar-refractivity contribution in [2.75, 3.05) is 6.54 Å². The van der Waals surface area contributed by atoms with Gasteiger partial charge in [-0.2, -0.15) is 0 Å². The maximum atomic E-state index is 12.3. The van der Waals surface area contributed by atoms with E-state index in [2.05, 4.69) is 16.9 Å². The quantitative estimate of drug-likeness (QED) is 0.738. The monoisotopic (exact) mass is 273 g/mol. The van der Waals surface area contributed by atoms with Gasteiger partial charge in [-0.1, -0.05) is 6.92 Å². The number of aromatic nitrogens is 2. The zero-order chi connectivity index (χ0) is 15.0. The van der Waals surface area contributed by atoms with Gasteiger partial charge in [0.1, 0.15) is 0 Å². The topological polar surface area (TPSA) is 30.2 Å². The molecule has 110 valence electrons. The molecular weight excluding hydrogens is 248 g/mol. The average molecular weight is 273 g/mol. The first-order valence-corrected chi connectivity index (χ1v) is 6.60. The molecule has 1 aromatic rings. The molecule has 5 heteroatoms. The molecule has 0 saturated carbocycles. The Balaban J connectivity index is 0.000000399. The minimum atomic E-state index is -2.49. The van der Waals surface area contributed by atoms with Gasteiger partial charge >= 0.3 is 0 Å². The van der Waals surface area contributed by atoms with Gasteiger partial charge in [0.2, 0.25) is 0 Å². The van der Waals surface area contributed by atoms with E-state index in [1.807, 2.05) is 27.7 Å². The van der Waals surface area contributed by atoms with E-state index in [4.69, 9.17) is 0 Å². The second-order valence-corrected chi connectivity index (χ2v) is 4.87. The van der Waals surface area contributed by atoms with E-state index in [0.717, 1.165) is 13.0 Å². The highest BCUT2D eigenvalue weighted by molar-refractivity contribution is 5.78. The lowest BCUT2D eigenvalue weighted by Crippen LogP contribution is -2.05. The van der Waals surface area contributed by atoms with Crippen molar-refractivity contribution in [1.82, 2.24) is 9.55 Å². The zero-order valence-corrected chi connectivity index (χ0v) is 12.7. The summed E-state index contributed by atoms with van der Waals surface area (Å²) >= 11 is 0. The van der Waals surface area contributed by atoms with Gasteiger partial charge in [-0.3, -0.25) is 4.99 Å². The summed E-state index contributed by atoms with van der Waals surface area (Å²) < 4.78 is 26.1. The molecule has 0 saturated heterocycles. The van der Waals surface area contributed by atoms with Crippen LogP contribution >= 0.6 is 0 Å². The van der Waals surface area contributed by atoms with E-state index < -0.39 is 6.43 Å². The first-order valence-electron chi connectivity index (χ1n) is 6.60. The van der Waals surface area contributed by atoms with Crippen molar-refractivity contribution >= 4 is 5.71 Å². The van der Waals surface area contributed by atoms with E-state index in [1.54, 1.807) is 13.1 Å². The lowest BCUT2D eigenvalue weighted by molar-refractivity contribution is 0.133. The Morgan fingerprint density at radius 2 is 1.95 bits per heavy atom. The third-order valence-electron chi connectivity index (χ3n) is 2.28. The first-order chi connectivity index (χ1) is 8.79. The van der Waals surface area contributed by atoms with Crippen LogP contribution in [0, 0.1) is 6.92 Å². The van der Waals surface area contributed by atoms with Gasteiger partial charge in [0, 0.05) is 24.5 Å². The third-order valence-corrected chi connectivity index (χ3v) is 2.28. The molecule has 1 aromatic heterocycles. The summed E-state index contributed by atoms with van der Waals surface area (Å²) in [7, 11) is 0. The lowest BCUT2D eigenvalue weighted by Gasteiger charge is -2.09. The second-order valence-electron chi connectivity index (χ2n) is 4.87. The maximum Gasteiger partial charge on any atom is 0.295 e. The summed E-state index contributed by atoms with van der Waals surface area (Å²) in [5.74, 6) is -0.137. The fourth-order valence-corrected chi connectivity index (χ4v) is 1.45. The lowest BCUT2D eigenvalue weighted by atomic mass is 10.4. The number of imidazole rings is 1. The Bertz CT molecular complexity index is 366. The predicted octanol–water partition coefficient (Wildman–Crippen LogP) is 4.59. The van der Waals surface area contributed by atoms with Crippen molar-refractivity contribution in [3.05, 3.63) is 17.7 Å². The summed E-state index contributed by atoms with van der Waals surface area (Å²) in [6.07, 6.45) is 0.318. The number of nitrogens with zero attached hydrogens (tertiary/aromatic N) is 3. The average Bonchev–Trinajstić information content (AvgIpc) is 2.70. The number of hydrogen-bond donors (Lipinski definition) is 0. The van der Waals surface area contributed by atoms with Crippen LogP contribution < -0.4 is 0 Å². The van der Waals surface area contributed by atoms with Gasteiger partial charge in [-0.05, 0) is 41.0 Å². The van der Waals surface area contributed by atoms with Crippen molar-refractivity contribution in [2.24, 2.45) is 4.99 Å². The van der Waals surface area contributed by atoms with Crippen molar-refractivity contribution in [2.45, 2.75) is 60.4 Å². The van der Waals surface area contributed by atoms with E-state index >= 15 is 0 Å². The maximum absolute atomic E-state index is 12.3. The van der Waals surface area contributed by atoms with Crippen LogP contribution in [0.2, 0.25) is 0 Å². The number of aryl methyl sites for hydroxylation is 1. The third kappa shape index (κ3) is 7.03. The van der Waals surface area contributed by atoms with Gasteiger partial charge in [0.15, 0.2) is 5.82 Å². The molecule has 0 N–H and O–H groups in total. The van der Waals surface area contributed by atoms with Gasteiger partial charge in [-0.25, -0.2) is 13.8 Å². The highest BCUT2D eigenvalue weighted by Gasteiger charge is 2.16. The number of halogens is 2. The Labute approximate surface area is 114 Å². The van der Waals surface area contributed by atoms with Crippen LogP contribution in [0.3, 0.4) is 0 Å². The summed E-state index contributed by atoms with van der Waals surface area (Å²) in [6, 6.07) is 0.0372. The molecule has 0 unspecified atom stereocenters. The minimum absolute atomic E-state index is 0.0372. The standard InChI is InChI=1S/C8H12F2N2.C6H13N/c1-5(2)12-4-6(3)11-8(12)7(9)10;1-4-5-7-6(2)3/h4-5,7H,1-3H3;4-5H2,1-3H3. The van der Waals surface area contributed by atoms with E-state index in [1.165, 1.54) is 10.3 Å². The summed E-state index contributed by atoms with van der Waals surface area (Å²) in [6.45, 7) is 12.6. The van der Waals surface area contributed by atoms with Gasteiger partial charge in [0.05, 0.1) is 5.69 Å². The molecule has 0 fully saturated rings. The Hall–Kier alpha value is -1.26. The van der Waals surface area contributed by atoms with Crippen LogP contribution in [-0.2, 0) is 0 Å². The van der Waals surface area contributed by atoms with Gasteiger partial charge in [-0.15, -0.1) is 0 Å². The highest BCUT2D eigenvalue weighted by Crippen LogP contribution is 2.21. The number of aliphatic imine (C=N–C) groups is 1. The van der Waals surface area contributed by atoms with E-state index in [-0.39, 0.29) is 11.9 Å². The van der Waals surface area contributed by atoms with Crippen LogP contribution in [0.25, 0.3) is 0 Å². The fourth-order valence-electron chi connectivity index (χ4n) is 1.45. The van der Waals surface area contributed by atoms with Crippen molar-refractivity contribution in [1.29, 1.82) is 0 Å². The zero-order valence-electron chi connectivity index (χ0n) is 12.7. The van der Waals surface area contributed by atoms with Crippen LogP contribution in [0.15, 0.2) is 11.2 Å². The summed E-state index contributed by atoms with van der Waals surface area (Å²) in [5.41, 5.74) is 1.82. The second kappa shape index (κ2) is 8.77. The van der Waals surface area contributed by atoms with Gasteiger partial charge < -0.3 is 4.57 Å². The molecule has 19 heavy (non-hydrogen) atoms. The molecule has 1 rings (SSSR count). The first kappa shape index (κ1) is 17.7. The largest absolute Gasteiger partial charge is 0.327 e. The molecule has 3 nitrogen and oxygen atoms in total. The molecule has 1 heterocycles. The number of hydrogen-bond acceptors (Lipinski definition) is 2. The molecule has 0 atom stereocenters. The summed E-state index contributed by atoms with van der Waals surface area (Å²) in [4.78, 5) is 7.90. The highest BCUT2D eigenvalue weighted by atomic mass is 19.3. The Kier molecular flexibility index (Phi) is 8.19. The molecule has 0 aliphatic carbocycles. The van der Waals surface area contributed by atoms with Crippen LogP contribution in [-0.4, -0.2) is 21.8 Å². The molecular formula is C14H25F2N3. The number of alkyl halides is 2. The molecule has 0 aliphatic heterocycles. The van der Waals surface area contributed by atoms with Crippen molar-refractivity contribution < 1.29 is 8.78 Å². The Morgan fingerprint density at radius 1 is 1.37 bits per heavy atom. The molecule has 0 aliphatic rings. The minimum Gasteiger partial charge on any atom is -0.327 e. The predicted molar refractivity (Wildman–Crippen MR) is 76.2 cm³/mol. The molecule has 0 amide bonds. The van der Waals surface area contributed by atoms with Crippen LogP contribution in [0.4, 0.5) is 8.78 Å². The number of rotatable bonds is 4. The normalized spacial score (nSPS) is 10.4.